The number of benzene rings is 6. The van der Waals surface area contributed by atoms with Crippen LogP contribution in [0.1, 0.15) is 35.4 Å². The van der Waals surface area contributed by atoms with Crippen molar-refractivity contribution < 1.29 is 4.74 Å². The van der Waals surface area contributed by atoms with Gasteiger partial charge >= 0.3 is 0 Å². The molecule has 1 heterocycles. The maximum absolute atomic E-state index is 6.66. The van der Waals surface area contributed by atoms with E-state index in [1.165, 1.54) is 44.5 Å². The van der Waals surface area contributed by atoms with Gasteiger partial charge in [-0.05, 0) is 126 Å². The van der Waals surface area contributed by atoms with E-state index in [4.69, 9.17) is 4.74 Å². The Kier molecular flexibility index (Phi) is 6.75. The maximum Gasteiger partial charge on any atom is 0.131 e. The lowest BCUT2D eigenvalue weighted by Gasteiger charge is -2.30. The summed E-state index contributed by atoms with van der Waals surface area (Å²) in [5, 5.41) is 2.40. The van der Waals surface area contributed by atoms with Gasteiger partial charge in [0.2, 0.25) is 0 Å². The van der Waals surface area contributed by atoms with Crippen LogP contribution < -0.4 is 14.5 Å². The summed E-state index contributed by atoms with van der Waals surface area (Å²) in [7, 11) is 0. The lowest BCUT2D eigenvalue weighted by Crippen LogP contribution is -2.18. The third-order valence-electron chi connectivity index (χ3n) is 9.59. The standard InChI is InChI=1S/C44H34N2O/c1-5-13-35(14-6-1)45(36-15-7-2-8-16-36)39-23-21-31-27-41-42-28-32-22-24-40(26-34(32)30-44(42)47-43(41)29-33(31)25-39)46(37-17-9-3-10-18-37)38-19-11-4-12-20-38/h1-11,13-19,21-27,29-30,42H,12,20,28H2. The van der Waals surface area contributed by atoms with Gasteiger partial charge in [0.1, 0.15) is 11.5 Å². The smallest absolute Gasteiger partial charge is 0.131 e. The van der Waals surface area contributed by atoms with Crippen molar-refractivity contribution in [2.75, 3.05) is 9.80 Å². The molecular formula is C44H34N2O. The van der Waals surface area contributed by atoms with E-state index in [-0.39, 0.29) is 5.92 Å². The molecule has 1 atom stereocenters. The third-order valence-corrected chi connectivity index (χ3v) is 9.59. The van der Waals surface area contributed by atoms with Crippen molar-refractivity contribution in [2.24, 2.45) is 0 Å². The molecule has 0 fully saturated rings. The number of para-hydroxylation sites is 3. The Morgan fingerprint density at radius 3 is 1.91 bits per heavy atom. The molecule has 3 aliphatic rings. The van der Waals surface area contributed by atoms with Crippen molar-refractivity contribution in [1.82, 2.24) is 0 Å². The number of nitrogens with zero attached hydrogens (tertiary/aromatic N) is 2. The van der Waals surface area contributed by atoms with Crippen LogP contribution in [0.15, 0.2) is 169 Å². The Hall–Kier alpha value is -5.80. The van der Waals surface area contributed by atoms with Crippen LogP contribution in [0, 0.1) is 0 Å². The monoisotopic (exact) mass is 606 g/mol. The fourth-order valence-corrected chi connectivity index (χ4v) is 7.32. The van der Waals surface area contributed by atoms with Crippen molar-refractivity contribution in [3.8, 4) is 5.75 Å². The molecule has 3 nitrogen and oxygen atoms in total. The molecule has 0 radical (unpaired) electrons. The predicted molar refractivity (Wildman–Crippen MR) is 195 cm³/mol. The van der Waals surface area contributed by atoms with E-state index in [0.29, 0.717) is 0 Å². The predicted octanol–water partition coefficient (Wildman–Crippen LogP) is 11.8. The average molecular weight is 607 g/mol. The minimum Gasteiger partial charge on any atom is -0.461 e. The lowest BCUT2D eigenvalue weighted by molar-refractivity contribution is 0.429. The number of allylic oxidation sites excluding steroid dienone is 5. The van der Waals surface area contributed by atoms with Crippen molar-refractivity contribution in [1.29, 1.82) is 0 Å². The van der Waals surface area contributed by atoms with Gasteiger partial charge in [-0.3, -0.25) is 0 Å². The Bertz CT molecular complexity index is 2160. The molecule has 9 rings (SSSR count). The molecule has 0 amide bonds. The molecule has 1 aliphatic heterocycles. The number of fused-ring (bicyclic) bond motifs is 5. The first-order chi connectivity index (χ1) is 23.3. The van der Waals surface area contributed by atoms with Gasteiger partial charge in [-0.2, -0.15) is 0 Å². The van der Waals surface area contributed by atoms with Crippen LogP contribution in [0.4, 0.5) is 28.4 Å². The molecule has 6 aromatic rings. The van der Waals surface area contributed by atoms with Crippen LogP contribution in [0.5, 0.6) is 5.75 Å². The molecule has 0 bridgehead atoms. The highest BCUT2D eigenvalue weighted by atomic mass is 16.5. The zero-order valence-corrected chi connectivity index (χ0v) is 26.1. The molecule has 0 saturated heterocycles. The van der Waals surface area contributed by atoms with Crippen molar-refractivity contribution in [3.05, 3.63) is 186 Å². The quantitative estimate of drug-likeness (QED) is 0.188. The Balaban J connectivity index is 1.07. The molecular weight excluding hydrogens is 572 g/mol. The van der Waals surface area contributed by atoms with Crippen LogP contribution in [-0.4, -0.2) is 0 Å². The first-order valence-electron chi connectivity index (χ1n) is 16.5. The number of ether oxygens (including phenoxy) is 1. The molecule has 0 N–H and O–H groups in total. The molecule has 3 heteroatoms. The van der Waals surface area contributed by atoms with Gasteiger partial charge in [0.25, 0.3) is 0 Å². The van der Waals surface area contributed by atoms with Crippen LogP contribution in [0.2, 0.25) is 0 Å². The first-order valence-corrected chi connectivity index (χ1v) is 16.5. The third kappa shape index (κ3) is 5.01. The molecule has 47 heavy (non-hydrogen) atoms. The Morgan fingerprint density at radius 1 is 0.574 bits per heavy atom. The van der Waals surface area contributed by atoms with E-state index in [9.17, 15) is 0 Å². The van der Waals surface area contributed by atoms with E-state index in [1.807, 2.05) is 0 Å². The molecule has 0 aromatic heterocycles. The van der Waals surface area contributed by atoms with Crippen LogP contribution in [0.3, 0.4) is 0 Å². The van der Waals surface area contributed by atoms with Crippen molar-refractivity contribution >= 4 is 45.3 Å². The largest absolute Gasteiger partial charge is 0.461 e. The fraction of sp³-hybridized carbons (Fsp3) is 0.0909. The minimum absolute atomic E-state index is 0.231. The minimum atomic E-state index is 0.231. The summed E-state index contributed by atoms with van der Waals surface area (Å²) in [5.74, 6) is 2.24. The highest BCUT2D eigenvalue weighted by Gasteiger charge is 2.34. The summed E-state index contributed by atoms with van der Waals surface area (Å²) in [6, 6.07) is 50.1. The van der Waals surface area contributed by atoms with Gasteiger partial charge in [-0.1, -0.05) is 78.9 Å². The highest BCUT2D eigenvalue weighted by molar-refractivity contribution is 5.92. The van der Waals surface area contributed by atoms with Gasteiger partial charge in [0.15, 0.2) is 0 Å². The van der Waals surface area contributed by atoms with E-state index >= 15 is 0 Å². The summed E-state index contributed by atoms with van der Waals surface area (Å²) < 4.78 is 6.66. The van der Waals surface area contributed by atoms with E-state index < -0.39 is 0 Å². The van der Waals surface area contributed by atoms with Crippen LogP contribution in [0.25, 0.3) is 16.8 Å². The fourth-order valence-electron chi connectivity index (χ4n) is 7.32. The molecule has 1 unspecified atom stereocenters. The lowest BCUT2D eigenvalue weighted by atomic mass is 9.84. The number of rotatable bonds is 6. The zero-order valence-electron chi connectivity index (χ0n) is 26.1. The number of hydrogen-bond acceptors (Lipinski definition) is 3. The van der Waals surface area contributed by atoms with Gasteiger partial charge in [0.05, 0.1) is 0 Å². The molecule has 0 saturated carbocycles. The molecule has 0 spiro atoms. The van der Waals surface area contributed by atoms with Gasteiger partial charge < -0.3 is 14.5 Å². The SMILES string of the molecule is C1=CCCC(N(c2ccccc2)c2ccc3c(c2)C=C2Oc4cc5cc(N(c6ccccc6)c6ccccc6)ccc5cc4C2C3)=C1. The van der Waals surface area contributed by atoms with E-state index in [0.717, 1.165) is 47.8 Å². The van der Waals surface area contributed by atoms with Crippen LogP contribution >= 0.6 is 0 Å². The normalized spacial score (nSPS) is 16.0. The summed E-state index contributed by atoms with van der Waals surface area (Å²) in [6.45, 7) is 0. The van der Waals surface area contributed by atoms with Gasteiger partial charge in [-0.25, -0.2) is 0 Å². The molecule has 6 aromatic carbocycles. The highest BCUT2D eigenvalue weighted by Crippen LogP contribution is 2.49. The van der Waals surface area contributed by atoms with E-state index in [1.54, 1.807) is 0 Å². The number of anilines is 5. The number of hydrogen-bond donors (Lipinski definition) is 0. The first kappa shape index (κ1) is 27.5. The maximum atomic E-state index is 6.66. The second kappa shape index (κ2) is 11.5. The van der Waals surface area contributed by atoms with Crippen molar-refractivity contribution in [3.63, 3.8) is 0 Å². The van der Waals surface area contributed by atoms with E-state index in [2.05, 4.69) is 174 Å². The average Bonchev–Trinajstić information content (AvgIpc) is 3.47. The van der Waals surface area contributed by atoms with Gasteiger partial charge in [0, 0.05) is 45.6 Å². The van der Waals surface area contributed by atoms with Crippen LogP contribution in [-0.2, 0) is 6.42 Å². The summed E-state index contributed by atoms with van der Waals surface area (Å²) in [5.41, 5.74) is 10.9. The Labute approximate surface area is 276 Å². The summed E-state index contributed by atoms with van der Waals surface area (Å²) >= 11 is 0. The second-order valence-electron chi connectivity index (χ2n) is 12.5. The zero-order chi connectivity index (χ0) is 31.2. The molecule has 2 aliphatic carbocycles. The molecule has 226 valence electrons. The second-order valence-corrected chi connectivity index (χ2v) is 12.5. The van der Waals surface area contributed by atoms with Gasteiger partial charge in [-0.15, -0.1) is 0 Å². The Morgan fingerprint density at radius 2 is 1.23 bits per heavy atom. The summed E-state index contributed by atoms with van der Waals surface area (Å²) in [4.78, 5) is 4.71. The topological polar surface area (TPSA) is 15.7 Å². The summed E-state index contributed by atoms with van der Waals surface area (Å²) in [6.07, 6.45) is 12.0. The van der Waals surface area contributed by atoms with Crippen molar-refractivity contribution in [2.45, 2.75) is 25.2 Å².